The fourth-order valence-corrected chi connectivity index (χ4v) is 3.47. The Balaban J connectivity index is 1.70. The van der Waals surface area contributed by atoms with E-state index in [9.17, 15) is 9.90 Å². The van der Waals surface area contributed by atoms with E-state index in [0.29, 0.717) is 10.6 Å². The second kappa shape index (κ2) is 5.79. The fourth-order valence-electron chi connectivity index (χ4n) is 2.44. The predicted octanol–water partition coefficient (Wildman–Crippen LogP) is 3.43. The summed E-state index contributed by atoms with van der Waals surface area (Å²) >= 11 is 7.34. The molecule has 110 valence electrons. The second-order valence-corrected chi connectivity index (χ2v) is 6.75. The van der Waals surface area contributed by atoms with Crippen LogP contribution in [0.25, 0.3) is 0 Å². The molecule has 1 atom stereocenters. The SMILES string of the molecule is O=C(NCC(O)(c1cccs1)C1CC1)c1ccc(Cl)cc1. The molecule has 1 unspecified atom stereocenters. The lowest BCUT2D eigenvalue weighted by Gasteiger charge is -2.27. The van der Waals surface area contributed by atoms with Crippen molar-refractivity contribution in [2.45, 2.75) is 18.4 Å². The highest BCUT2D eigenvalue weighted by Gasteiger charge is 2.45. The summed E-state index contributed by atoms with van der Waals surface area (Å²) in [4.78, 5) is 13.1. The minimum Gasteiger partial charge on any atom is -0.382 e. The van der Waals surface area contributed by atoms with Crippen LogP contribution in [0.5, 0.6) is 0 Å². The Morgan fingerprint density at radius 1 is 1.33 bits per heavy atom. The monoisotopic (exact) mass is 321 g/mol. The fraction of sp³-hybridized carbons (Fsp3) is 0.312. The maximum Gasteiger partial charge on any atom is 0.251 e. The number of nitrogens with one attached hydrogen (secondary N) is 1. The zero-order chi connectivity index (χ0) is 14.9. The predicted molar refractivity (Wildman–Crippen MR) is 84.7 cm³/mol. The standard InChI is InChI=1S/C16H16ClNO2S/c17-13-7-3-11(4-8-13)15(19)18-10-16(20,12-5-6-12)14-2-1-9-21-14/h1-4,7-9,12,20H,5-6,10H2,(H,18,19). The van der Waals surface area contributed by atoms with Crippen molar-refractivity contribution in [1.29, 1.82) is 0 Å². The zero-order valence-corrected chi connectivity index (χ0v) is 13.0. The van der Waals surface area contributed by atoms with E-state index in [4.69, 9.17) is 11.6 Å². The average Bonchev–Trinajstić information content (AvgIpc) is 3.20. The van der Waals surface area contributed by atoms with Gasteiger partial charge in [-0.15, -0.1) is 11.3 Å². The van der Waals surface area contributed by atoms with Crippen molar-refractivity contribution in [3.8, 4) is 0 Å². The minimum absolute atomic E-state index is 0.192. The van der Waals surface area contributed by atoms with Gasteiger partial charge in [0.05, 0.1) is 6.54 Å². The molecule has 0 saturated heterocycles. The first-order chi connectivity index (χ1) is 10.1. The Kier molecular flexibility index (Phi) is 4.02. The van der Waals surface area contributed by atoms with E-state index in [1.54, 1.807) is 24.3 Å². The molecule has 2 aromatic rings. The summed E-state index contributed by atoms with van der Waals surface area (Å²) in [6.07, 6.45) is 2.01. The van der Waals surface area contributed by atoms with Gasteiger partial charge < -0.3 is 10.4 Å². The molecule has 3 nitrogen and oxygen atoms in total. The van der Waals surface area contributed by atoms with Gasteiger partial charge in [0.2, 0.25) is 0 Å². The summed E-state index contributed by atoms with van der Waals surface area (Å²) in [6, 6.07) is 10.6. The van der Waals surface area contributed by atoms with Gasteiger partial charge in [0, 0.05) is 15.5 Å². The number of carbonyl (C=O) groups excluding carboxylic acids is 1. The molecule has 21 heavy (non-hydrogen) atoms. The lowest BCUT2D eigenvalue weighted by molar-refractivity contribution is 0.0169. The van der Waals surface area contributed by atoms with Gasteiger partial charge in [-0.3, -0.25) is 4.79 Å². The normalized spacial score (nSPS) is 17.2. The number of rotatable bonds is 5. The summed E-state index contributed by atoms with van der Waals surface area (Å²) < 4.78 is 0. The van der Waals surface area contributed by atoms with Crippen molar-refractivity contribution >= 4 is 28.8 Å². The first-order valence-corrected chi connectivity index (χ1v) is 8.15. The molecule has 1 aromatic heterocycles. The first-order valence-electron chi connectivity index (χ1n) is 6.90. The lowest BCUT2D eigenvalue weighted by Crippen LogP contribution is -2.42. The van der Waals surface area contributed by atoms with E-state index in [1.165, 1.54) is 11.3 Å². The number of benzene rings is 1. The molecular formula is C16H16ClNO2S. The van der Waals surface area contributed by atoms with Crippen LogP contribution in [-0.2, 0) is 5.60 Å². The number of aliphatic hydroxyl groups is 1. The Bertz CT molecular complexity index is 622. The summed E-state index contributed by atoms with van der Waals surface area (Å²) in [7, 11) is 0. The molecule has 1 aliphatic carbocycles. The molecule has 5 heteroatoms. The Labute approximate surface area is 132 Å². The maximum absolute atomic E-state index is 12.2. The van der Waals surface area contributed by atoms with Crippen LogP contribution in [0.4, 0.5) is 0 Å². The van der Waals surface area contributed by atoms with E-state index in [2.05, 4.69) is 5.32 Å². The van der Waals surface area contributed by atoms with Crippen LogP contribution in [0, 0.1) is 5.92 Å². The third kappa shape index (κ3) is 3.12. The summed E-state index contributed by atoms with van der Waals surface area (Å²) in [5.41, 5.74) is -0.403. The molecule has 0 spiro atoms. The molecule has 1 amide bonds. The molecule has 0 aliphatic heterocycles. The van der Waals surface area contributed by atoms with Crippen molar-refractivity contribution in [3.63, 3.8) is 0 Å². The van der Waals surface area contributed by atoms with E-state index < -0.39 is 5.60 Å². The van der Waals surface area contributed by atoms with Gasteiger partial charge in [-0.25, -0.2) is 0 Å². The largest absolute Gasteiger partial charge is 0.382 e. The third-order valence-corrected chi connectivity index (χ3v) is 5.11. The van der Waals surface area contributed by atoms with Crippen LogP contribution in [0.15, 0.2) is 41.8 Å². The van der Waals surface area contributed by atoms with Crippen molar-refractivity contribution in [1.82, 2.24) is 5.32 Å². The maximum atomic E-state index is 12.2. The lowest BCUT2D eigenvalue weighted by atomic mass is 9.95. The van der Waals surface area contributed by atoms with Crippen LogP contribution in [0.2, 0.25) is 5.02 Å². The number of hydrogen-bond donors (Lipinski definition) is 2. The van der Waals surface area contributed by atoms with Gasteiger partial charge in [-0.05, 0) is 54.5 Å². The molecule has 1 fully saturated rings. The van der Waals surface area contributed by atoms with E-state index >= 15 is 0 Å². The molecule has 1 saturated carbocycles. The first kappa shape index (κ1) is 14.6. The Hall–Kier alpha value is -1.36. The van der Waals surface area contributed by atoms with Crippen molar-refractivity contribution in [3.05, 3.63) is 57.2 Å². The van der Waals surface area contributed by atoms with Crippen LogP contribution in [-0.4, -0.2) is 17.6 Å². The van der Waals surface area contributed by atoms with Gasteiger partial charge in [-0.1, -0.05) is 17.7 Å². The molecule has 0 radical (unpaired) electrons. The number of hydrogen-bond acceptors (Lipinski definition) is 3. The molecule has 1 aromatic carbocycles. The number of thiophene rings is 1. The van der Waals surface area contributed by atoms with E-state index in [0.717, 1.165) is 17.7 Å². The van der Waals surface area contributed by atoms with Gasteiger partial charge in [0.25, 0.3) is 5.91 Å². The molecule has 2 N–H and O–H groups in total. The topological polar surface area (TPSA) is 49.3 Å². The van der Waals surface area contributed by atoms with Crippen LogP contribution in [0.1, 0.15) is 28.1 Å². The molecule has 3 rings (SSSR count). The van der Waals surface area contributed by atoms with E-state index in [1.807, 2.05) is 17.5 Å². The van der Waals surface area contributed by atoms with Crippen LogP contribution >= 0.6 is 22.9 Å². The molecule has 1 heterocycles. The van der Waals surface area contributed by atoms with Crippen molar-refractivity contribution in [2.75, 3.05) is 6.54 Å². The Morgan fingerprint density at radius 3 is 2.62 bits per heavy atom. The van der Waals surface area contributed by atoms with Crippen molar-refractivity contribution in [2.24, 2.45) is 5.92 Å². The number of carbonyl (C=O) groups is 1. The minimum atomic E-state index is -0.948. The van der Waals surface area contributed by atoms with Crippen LogP contribution < -0.4 is 5.32 Å². The number of halogens is 1. The summed E-state index contributed by atoms with van der Waals surface area (Å²) in [6.45, 7) is 0.236. The Morgan fingerprint density at radius 2 is 2.05 bits per heavy atom. The highest BCUT2D eigenvalue weighted by molar-refractivity contribution is 7.10. The highest BCUT2D eigenvalue weighted by Crippen LogP contribution is 2.46. The number of amides is 1. The summed E-state index contributed by atoms with van der Waals surface area (Å²) in [5.74, 6) is 0.0453. The zero-order valence-electron chi connectivity index (χ0n) is 11.4. The molecular weight excluding hydrogens is 306 g/mol. The van der Waals surface area contributed by atoms with Gasteiger partial charge in [0.1, 0.15) is 5.60 Å². The third-order valence-electron chi connectivity index (χ3n) is 3.83. The highest BCUT2D eigenvalue weighted by atomic mass is 35.5. The quantitative estimate of drug-likeness (QED) is 0.886. The summed E-state index contributed by atoms with van der Waals surface area (Å²) in [5, 5.41) is 16.3. The van der Waals surface area contributed by atoms with Crippen molar-refractivity contribution < 1.29 is 9.90 Å². The van der Waals surface area contributed by atoms with Gasteiger partial charge in [0.15, 0.2) is 0 Å². The van der Waals surface area contributed by atoms with E-state index in [-0.39, 0.29) is 18.4 Å². The average molecular weight is 322 g/mol. The molecule has 0 bridgehead atoms. The second-order valence-electron chi connectivity index (χ2n) is 5.37. The van der Waals surface area contributed by atoms with Crippen LogP contribution in [0.3, 0.4) is 0 Å². The van der Waals surface area contributed by atoms with Gasteiger partial charge >= 0.3 is 0 Å². The van der Waals surface area contributed by atoms with Gasteiger partial charge in [-0.2, -0.15) is 0 Å². The molecule has 1 aliphatic rings. The smallest absolute Gasteiger partial charge is 0.251 e.